The van der Waals surface area contributed by atoms with E-state index >= 15 is 0 Å². The Labute approximate surface area is 120 Å². The second-order valence-electron chi connectivity index (χ2n) is 6.04. The molecule has 1 fully saturated rings. The minimum Gasteiger partial charge on any atom is -0.481 e. The van der Waals surface area contributed by atoms with Crippen LogP contribution in [0.4, 0.5) is 0 Å². The van der Waals surface area contributed by atoms with Gasteiger partial charge >= 0.3 is 5.97 Å². The molecule has 0 radical (unpaired) electrons. The van der Waals surface area contributed by atoms with Crippen LogP contribution in [-0.4, -0.2) is 42.3 Å². The number of hydrogen-bond acceptors (Lipinski definition) is 3. The second-order valence-corrected chi connectivity index (χ2v) is 6.04. The van der Waals surface area contributed by atoms with Gasteiger partial charge in [0.2, 0.25) is 0 Å². The Bertz CT molecular complexity index is 465. The number of carbonyl (C=O) groups is 1. The van der Waals surface area contributed by atoms with Crippen molar-refractivity contribution in [1.29, 1.82) is 0 Å². The van der Waals surface area contributed by atoms with E-state index in [0.29, 0.717) is 0 Å². The van der Waals surface area contributed by atoms with E-state index in [0.717, 1.165) is 38.4 Å². The van der Waals surface area contributed by atoms with Crippen molar-refractivity contribution in [3.8, 4) is 0 Å². The van der Waals surface area contributed by atoms with Crippen LogP contribution in [-0.2, 0) is 21.5 Å². The molecule has 110 valence electrons. The standard InChI is InChI=1S/C16H23NO3/c1-16(2,11-15(18)19)14-5-3-4-13(10-14)12-17-6-8-20-9-7-17/h3-5,10H,6-9,11-12H2,1-2H3,(H,18,19). The summed E-state index contributed by atoms with van der Waals surface area (Å²) in [6, 6.07) is 8.29. The quantitative estimate of drug-likeness (QED) is 0.897. The van der Waals surface area contributed by atoms with Gasteiger partial charge in [0.25, 0.3) is 0 Å². The molecule has 4 nitrogen and oxygen atoms in total. The fourth-order valence-corrected chi connectivity index (χ4v) is 2.59. The number of nitrogens with zero attached hydrogens (tertiary/aromatic N) is 1. The predicted octanol–water partition coefficient (Wildman–Crippen LogP) is 2.27. The lowest BCUT2D eigenvalue weighted by Gasteiger charge is -2.28. The summed E-state index contributed by atoms with van der Waals surface area (Å²) in [7, 11) is 0. The summed E-state index contributed by atoms with van der Waals surface area (Å²) in [5.41, 5.74) is 1.99. The molecular formula is C16H23NO3. The number of aliphatic carboxylic acids is 1. The van der Waals surface area contributed by atoms with Gasteiger partial charge in [0.05, 0.1) is 19.6 Å². The first kappa shape index (κ1) is 15.0. The van der Waals surface area contributed by atoms with Gasteiger partial charge in [0.1, 0.15) is 0 Å². The molecule has 1 aromatic rings. The average molecular weight is 277 g/mol. The highest BCUT2D eigenvalue weighted by atomic mass is 16.5. The van der Waals surface area contributed by atoms with Crippen molar-refractivity contribution in [2.45, 2.75) is 32.2 Å². The number of rotatable bonds is 5. The molecule has 2 rings (SSSR count). The van der Waals surface area contributed by atoms with Crippen LogP contribution in [0.15, 0.2) is 24.3 Å². The molecule has 0 aliphatic carbocycles. The normalized spacial score (nSPS) is 17.1. The molecule has 0 aromatic heterocycles. The van der Waals surface area contributed by atoms with Gasteiger partial charge in [-0.1, -0.05) is 38.1 Å². The van der Waals surface area contributed by atoms with Crippen molar-refractivity contribution in [1.82, 2.24) is 4.90 Å². The van der Waals surface area contributed by atoms with Gasteiger partial charge in [-0.25, -0.2) is 0 Å². The molecule has 1 aliphatic heterocycles. The van der Waals surface area contributed by atoms with Crippen LogP contribution in [0.5, 0.6) is 0 Å². The van der Waals surface area contributed by atoms with Gasteiger partial charge in [0.15, 0.2) is 0 Å². The fourth-order valence-electron chi connectivity index (χ4n) is 2.59. The molecule has 0 saturated carbocycles. The highest BCUT2D eigenvalue weighted by Crippen LogP contribution is 2.28. The number of benzene rings is 1. The Balaban J connectivity index is 2.08. The Morgan fingerprint density at radius 1 is 1.35 bits per heavy atom. The lowest BCUT2D eigenvalue weighted by Crippen LogP contribution is -2.35. The third-order valence-electron chi connectivity index (χ3n) is 3.81. The van der Waals surface area contributed by atoms with Gasteiger partial charge in [-0.3, -0.25) is 9.69 Å². The maximum Gasteiger partial charge on any atom is 0.304 e. The topological polar surface area (TPSA) is 49.8 Å². The number of morpholine rings is 1. The third kappa shape index (κ3) is 4.05. The van der Waals surface area contributed by atoms with E-state index in [4.69, 9.17) is 9.84 Å². The van der Waals surface area contributed by atoms with E-state index in [-0.39, 0.29) is 11.8 Å². The molecule has 1 heterocycles. The lowest BCUT2D eigenvalue weighted by molar-refractivity contribution is -0.138. The van der Waals surface area contributed by atoms with Crippen molar-refractivity contribution in [3.63, 3.8) is 0 Å². The molecular weight excluding hydrogens is 254 g/mol. The van der Waals surface area contributed by atoms with Gasteiger partial charge in [0, 0.05) is 25.0 Å². The second kappa shape index (κ2) is 6.37. The molecule has 1 aromatic carbocycles. The summed E-state index contributed by atoms with van der Waals surface area (Å²) >= 11 is 0. The van der Waals surface area contributed by atoms with Crippen LogP contribution in [0, 0.1) is 0 Å². The lowest BCUT2D eigenvalue weighted by atomic mass is 9.81. The largest absolute Gasteiger partial charge is 0.481 e. The first-order valence-electron chi connectivity index (χ1n) is 7.09. The highest BCUT2D eigenvalue weighted by Gasteiger charge is 2.24. The molecule has 1 N–H and O–H groups in total. The third-order valence-corrected chi connectivity index (χ3v) is 3.81. The van der Waals surface area contributed by atoms with E-state index in [1.807, 2.05) is 26.0 Å². The maximum absolute atomic E-state index is 11.0. The van der Waals surface area contributed by atoms with Crippen molar-refractivity contribution in [2.24, 2.45) is 0 Å². The van der Waals surface area contributed by atoms with E-state index in [2.05, 4.69) is 17.0 Å². The Morgan fingerprint density at radius 3 is 2.70 bits per heavy atom. The van der Waals surface area contributed by atoms with Crippen molar-refractivity contribution in [2.75, 3.05) is 26.3 Å². The zero-order valence-corrected chi connectivity index (χ0v) is 12.3. The summed E-state index contributed by atoms with van der Waals surface area (Å²) < 4.78 is 5.35. The zero-order valence-electron chi connectivity index (χ0n) is 12.3. The number of carboxylic acid groups (broad SMARTS) is 1. The smallest absolute Gasteiger partial charge is 0.304 e. The molecule has 0 spiro atoms. The molecule has 0 bridgehead atoms. The summed E-state index contributed by atoms with van der Waals surface area (Å²) in [5, 5.41) is 9.02. The van der Waals surface area contributed by atoms with Crippen molar-refractivity contribution in [3.05, 3.63) is 35.4 Å². The Hall–Kier alpha value is -1.39. The molecule has 0 unspecified atom stereocenters. The zero-order chi connectivity index (χ0) is 14.6. The molecule has 0 atom stereocenters. The van der Waals surface area contributed by atoms with Crippen molar-refractivity contribution >= 4 is 5.97 Å². The number of carboxylic acids is 1. The maximum atomic E-state index is 11.0. The first-order valence-corrected chi connectivity index (χ1v) is 7.09. The first-order chi connectivity index (χ1) is 9.47. The van der Waals surface area contributed by atoms with Crippen LogP contribution < -0.4 is 0 Å². The van der Waals surface area contributed by atoms with Crippen LogP contribution >= 0.6 is 0 Å². The summed E-state index contributed by atoms with van der Waals surface area (Å²) in [6.45, 7) is 8.38. The monoisotopic (exact) mass is 277 g/mol. The molecule has 4 heteroatoms. The SMILES string of the molecule is CC(C)(CC(=O)O)c1cccc(CN2CCOCC2)c1. The van der Waals surface area contributed by atoms with Crippen molar-refractivity contribution < 1.29 is 14.6 Å². The highest BCUT2D eigenvalue weighted by molar-refractivity contribution is 5.68. The van der Waals surface area contributed by atoms with Crippen LogP contribution in [0.1, 0.15) is 31.4 Å². The molecule has 1 aliphatic rings. The van der Waals surface area contributed by atoms with Gasteiger partial charge in [-0.05, 0) is 11.1 Å². The van der Waals surface area contributed by atoms with Crippen LogP contribution in [0.25, 0.3) is 0 Å². The number of ether oxygens (including phenoxy) is 1. The van der Waals surface area contributed by atoms with Gasteiger partial charge < -0.3 is 9.84 Å². The summed E-state index contributed by atoms with van der Waals surface area (Å²) in [4.78, 5) is 13.3. The van der Waals surface area contributed by atoms with Crippen LogP contribution in [0.2, 0.25) is 0 Å². The molecule has 20 heavy (non-hydrogen) atoms. The average Bonchev–Trinajstić information content (AvgIpc) is 2.39. The Kier molecular flexibility index (Phi) is 4.78. The number of hydrogen-bond donors (Lipinski definition) is 1. The van der Waals surface area contributed by atoms with E-state index < -0.39 is 5.97 Å². The fraction of sp³-hybridized carbons (Fsp3) is 0.562. The molecule has 0 amide bonds. The summed E-state index contributed by atoms with van der Waals surface area (Å²) in [6.07, 6.45) is 0.147. The Morgan fingerprint density at radius 2 is 2.05 bits per heavy atom. The van der Waals surface area contributed by atoms with E-state index in [1.54, 1.807) is 0 Å². The minimum atomic E-state index is -0.756. The van der Waals surface area contributed by atoms with Gasteiger partial charge in [-0.15, -0.1) is 0 Å². The van der Waals surface area contributed by atoms with Crippen LogP contribution in [0.3, 0.4) is 0 Å². The molecule has 1 saturated heterocycles. The predicted molar refractivity (Wildman–Crippen MR) is 77.8 cm³/mol. The van der Waals surface area contributed by atoms with E-state index in [1.165, 1.54) is 5.56 Å². The van der Waals surface area contributed by atoms with Gasteiger partial charge in [-0.2, -0.15) is 0 Å². The van der Waals surface area contributed by atoms with E-state index in [9.17, 15) is 4.79 Å². The summed E-state index contributed by atoms with van der Waals surface area (Å²) in [5.74, 6) is -0.756. The minimum absolute atomic E-state index is 0.147.